The van der Waals surface area contributed by atoms with E-state index in [-0.39, 0.29) is 30.2 Å². The topological polar surface area (TPSA) is 79.1 Å². The maximum absolute atomic E-state index is 14.2. The van der Waals surface area contributed by atoms with Crippen molar-refractivity contribution in [3.05, 3.63) is 156 Å². The largest absolute Gasteiger partial charge is 0.494 e. The molecule has 0 saturated heterocycles. The molecule has 1 aliphatic heterocycles. The van der Waals surface area contributed by atoms with Crippen molar-refractivity contribution in [2.45, 2.75) is 26.5 Å². The maximum Gasteiger partial charge on any atom is 0.338 e. The fourth-order valence-corrected chi connectivity index (χ4v) is 6.29. The number of thiazole rings is 1. The molecule has 7 nitrogen and oxygen atoms in total. The Morgan fingerprint density at radius 2 is 1.65 bits per heavy atom. The van der Waals surface area contributed by atoms with Gasteiger partial charge in [-0.3, -0.25) is 9.36 Å². The molecule has 0 N–H and O–H groups in total. The second kappa shape index (κ2) is 13.8. The van der Waals surface area contributed by atoms with Crippen LogP contribution in [-0.4, -0.2) is 23.8 Å². The lowest BCUT2D eigenvalue weighted by molar-refractivity contribution is -0.138. The van der Waals surface area contributed by atoms with Crippen molar-refractivity contribution in [2.75, 3.05) is 13.2 Å². The van der Waals surface area contributed by atoms with Crippen LogP contribution in [0, 0.1) is 5.82 Å². The molecule has 0 unspecified atom stereocenters. The van der Waals surface area contributed by atoms with E-state index in [1.54, 1.807) is 47.9 Å². The average Bonchev–Trinajstić information content (AvgIpc) is 3.38. The van der Waals surface area contributed by atoms with Gasteiger partial charge >= 0.3 is 5.97 Å². The molecule has 232 valence electrons. The number of aromatic nitrogens is 1. The number of carbonyl (C=O) groups is 1. The van der Waals surface area contributed by atoms with Crippen LogP contribution in [0.4, 0.5) is 4.39 Å². The summed E-state index contributed by atoms with van der Waals surface area (Å²) in [7, 11) is 0. The number of hydrogen-bond donors (Lipinski definition) is 0. The predicted molar refractivity (Wildman–Crippen MR) is 176 cm³/mol. The Morgan fingerprint density at radius 3 is 2.39 bits per heavy atom. The molecular weight excluding hydrogens is 603 g/mol. The molecule has 5 aromatic rings. The number of benzene rings is 4. The summed E-state index contributed by atoms with van der Waals surface area (Å²) < 4.78 is 33.2. The number of carbonyl (C=O) groups excluding carboxylic acids is 1. The van der Waals surface area contributed by atoms with E-state index >= 15 is 0 Å². The molecule has 1 aromatic heterocycles. The van der Waals surface area contributed by atoms with Crippen molar-refractivity contribution in [1.29, 1.82) is 0 Å². The molecule has 0 amide bonds. The van der Waals surface area contributed by atoms with Gasteiger partial charge in [0, 0.05) is 11.1 Å². The third-order valence-electron chi connectivity index (χ3n) is 7.39. The Balaban J connectivity index is 1.47. The highest BCUT2D eigenvalue weighted by Crippen LogP contribution is 2.35. The Morgan fingerprint density at radius 1 is 0.891 bits per heavy atom. The summed E-state index contributed by atoms with van der Waals surface area (Å²) in [6.07, 6.45) is 1.77. The van der Waals surface area contributed by atoms with Crippen molar-refractivity contribution in [3.8, 4) is 11.5 Å². The first-order chi connectivity index (χ1) is 22.5. The molecule has 9 heteroatoms. The Kier molecular flexibility index (Phi) is 9.21. The molecule has 2 heterocycles. The quantitative estimate of drug-likeness (QED) is 0.175. The fourth-order valence-electron chi connectivity index (χ4n) is 5.29. The number of fused-ring (bicyclic) bond motifs is 1. The zero-order valence-corrected chi connectivity index (χ0v) is 26.1. The van der Waals surface area contributed by atoms with Gasteiger partial charge < -0.3 is 14.2 Å². The summed E-state index contributed by atoms with van der Waals surface area (Å²) in [5, 5.41) is 0. The summed E-state index contributed by atoms with van der Waals surface area (Å²) in [5.74, 6) is 0.339. The van der Waals surface area contributed by atoms with E-state index in [0.717, 1.165) is 11.1 Å². The molecule has 0 spiro atoms. The molecule has 0 bridgehead atoms. The number of hydrogen-bond acceptors (Lipinski definition) is 7. The smallest absolute Gasteiger partial charge is 0.338 e. The lowest BCUT2D eigenvalue weighted by Gasteiger charge is -2.26. The number of ether oxygens (including phenoxy) is 3. The Hall–Kier alpha value is -5.28. The number of halogens is 1. The lowest BCUT2D eigenvalue weighted by Crippen LogP contribution is -2.40. The second-order valence-electron chi connectivity index (χ2n) is 10.4. The van der Waals surface area contributed by atoms with E-state index in [1.807, 2.05) is 73.7 Å². The molecule has 1 atom stereocenters. The fraction of sp³-hybridized carbons (Fsp3) is 0.162. The minimum Gasteiger partial charge on any atom is -0.494 e. The Bertz CT molecular complexity index is 2080. The van der Waals surface area contributed by atoms with Crippen LogP contribution in [0.3, 0.4) is 0 Å². The highest BCUT2D eigenvalue weighted by molar-refractivity contribution is 7.07. The normalized spacial score (nSPS) is 14.4. The first kappa shape index (κ1) is 30.7. The van der Waals surface area contributed by atoms with Crippen LogP contribution in [0.1, 0.15) is 42.1 Å². The van der Waals surface area contributed by atoms with Gasteiger partial charge in [-0.2, -0.15) is 0 Å². The van der Waals surface area contributed by atoms with Gasteiger partial charge in [0.05, 0.1) is 35.1 Å². The van der Waals surface area contributed by atoms with Gasteiger partial charge in [-0.25, -0.2) is 14.2 Å². The molecule has 6 rings (SSSR count). The first-order valence-electron chi connectivity index (χ1n) is 14.9. The SMILES string of the molecule is CCOC(=O)C1=C(c2ccccc2)N=c2s/c(=C\c3cccc(OCc4ccccc4F)c3)c(=O)n2[C@H]1c1ccc(OCC)cc1. The van der Waals surface area contributed by atoms with Crippen LogP contribution in [-0.2, 0) is 16.1 Å². The first-order valence-corrected chi connectivity index (χ1v) is 15.8. The summed E-state index contributed by atoms with van der Waals surface area (Å²) in [5.41, 5.74) is 3.05. The van der Waals surface area contributed by atoms with Gasteiger partial charge in [0.15, 0.2) is 4.80 Å². The molecule has 0 saturated carbocycles. The standard InChI is InChI=1S/C37H31FN2O5S/c1-3-43-28-19-17-26(18-20-28)34-32(36(42)44-4-2)33(25-12-6-5-7-13-25)39-37-40(34)35(41)31(46-37)22-24-11-10-15-29(21-24)45-23-27-14-8-9-16-30(27)38/h5-22,34H,3-4,23H2,1-2H3/b31-22-/t34-/m0/s1. The third kappa shape index (κ3) is 6.41. The molecule has 0 aliphatic carbocycles. The monoisotopic (exact) mass is 634 g/mol. The lowest BCUT2D eigenvalue weighted by atomic mass is 9.93. The summed E-state index contributed by atoms with van der Waals surface area (Å²) in [4.78, 5) is 33.2. The number of esters is 1. The van der Waals surface area contributed by atoms with Gasteiger partial charge in [0.25, 0.3) is 5.56 Å². The molecule has 0 radical (unpaired) electrons. The minimum atomic E-state index is -0.793. The van der Waals surface area contributed by atoms with Crippen LogP contribution in [0.5, 0.6) is 11.5 Å². The Labute approximate surface area is 269 Å². The summed E-state index contributed by atoms with van der Waals surface area (Å²) in [6, 6.07) is 29.7. The minimum absolute atomic E-state index is 0.0687. The number of nitrogens with zero attached hydrogens (tertiary/aromatic N) is 2. The molecule has 0 fully saturated rings. The van der Waals surface area contributed by atoms with E-state index < -0.39 is 12.0 Å². The summed E-state index contributed by atoms with van der Waals surface area (Å²) >= 11 is 1.24. The van der Waals surface area contributed by atoms with Crippen LogP contribution >= 0.6 is 11.3 Å². The van der Waals surface area contributed by atoms with Gasteiger partial charge in [-0.15, -0.1) is 0 Å². The second-order valence-corrected chi connectivity index (χ2v) is 11.4. The van der Waals surface area contributed by atoms with Crippen molar-refractivity contribution in [2.24, 2.45) is 4.99 Å². The zero-order valence-electron chi connectivity index (χ0n) is 25.3. The molecule has 1 aliphatic rings. The van der Waals surface area contributed by atoms with Crippen molar-refractivity contribution in [3.63, 3.8) is 0 Å². The molecule has 4 aromatic carbocycles. The van der Waals surface area contributed by atoms with Crippen LogP contribution in [0.2, 0.25) is 0 Å². The zero-order chi connectivity index (χ0) is 32.0. The van der Waals surface area contributed by atoms with E-state index in [2.05, 4.69) is 0 Å². The van der Waals surface area contributed by atoms with Crippen LogP contribution in [0.15, 0.2) is 118 Å². The van der Waals surface area contributed by atoms with Crippen molar-refractivity contribution >= 4 is 29.1 Å². The highest BCUT2D eigenvalue weighted by Gasteiger charge is 2.35. The van der Waals surface area contributed by atoms with E-state index in [0.29, 0.717) is 44.3 Å². The van der Waals surface area contributed by atoms with Crippen LogP contribution in [0.25, 0.3) is 11.8 Å². The van der Waals surface area contributed by atoms with E-state index in [9.17, 15) is 14.0 Å². The predicted octanol–water partition coefficient (Wildman–Crippen LogP) is 6.05. The van der Waals surface area contributed by atoms with E-state index in [1.165, 1.54) is 17.4 Å². The molecular formula is C37H31FN2O5S. The van der Waals surface area contributed by atoms with Gasteiger partial charge in [0.2, 0.25) is 0 Å². The van der Waals surface area contributed by atoms with Crippen molar-refractivity contribution < 1.29 is 23.4 Å². The van der Waals surface area contributed by atoms with Gasteiger partial charge in [0.1, 0.15) is 23.9 Å². The van der Waals surface area contributed by atoms with Gasteiger partial charge in [-0.05, 0) is 61.4 Å². The van der Waals surface area contributed by atoms with E-state index in [4.69, 9.17) is 19.2 Å². The highest BCUT2D eigenvalue weighted by atomic mass is 32.1. The van der Waals surface area contributed by atoms with Crippen LogP contribution < -0.4 is 24.4 Å². The average molecular weight is 635 g/mol. The summed E-state index contributed by atoms with van der Waals surface area (Å²) in [6.45, 7) is 4.40. The maximum atomic E-state index is 14.2. The van der Waals surface area contributed by atoms with Gasteiger partial charge in [-0.1, -0.05) is 84.1 Å². The molecule has 46 heavy (non-hydrogen) atoms. The third-order valence-corrected chi connectivity index (χ3v) is 8.37. The van der Waals surface area contributed by atoms with Crippen molar-refractivity contribution in [1.82, 2.24) is 4.57 Å². The number of rotatable bonds is 10.